The molecule has 3 N–H and O–H groups in total. The summed E-state index contributed by atoms with van der Waals surface area (Å²) in [5, 5.41) is 29.9. The molecule has 182 valence electrons. The van der Waals surface area contributed by atoms with E-state index in [0.717, 1.165) is 22.4 Å². The third-order valence-corrected chi connectivity index (χ3v) is 6.64. The van der Waals surface area contributed by atoms with Crippen LogP contribution in [0.15, 0.2) is 91.3 Å². The van der Waals surface area contributed by atoms with Crippen LogP contribution in [0.1, 0.15) is 33.0 Å². The molecule has 1 amide bonds. The molecule has 7 nitrogen and oxygen atoms in total. The summed E-state index contributed by atoms with van der Waals surface area (Å²) in [7, 11) is 0. The number of aromatic hydroxyl groups is 3. The van der Waals surface area contributed by atoms with E-state index in [1.54, 1.807) is 54.9 Å². The summed E-state index contributed by atoms with van der Waals surface area (Å²) in [4.78, 5) is 22.0. The van der Waals surface area contributed by atoms with Crippen LogP contribution in [0, 0.1) is 0 Å². The topological polar surface area (TPSA) is 97.1 Å². The highest BCUT2D eigenvalue weighted by Gasteiger charge is 2.28. The molecule has 0 spiro atoms. The van der Waals surface area contributed by atoms with E-state index in [2.05, 4.69) is 9.88 Å². The van der Waals surface area contributed by atoms with Crippen LogP contribution in [0.5, 0.6) is 17.2 Å². The highest BCUT2D eigenvalue weighted by atomic mass is 16.3. The van der Waals surface area contributed by atoms with E-state index in [1.165, 1.54) is 0 Å². The van der Waals surface area contributed by atoms with E-state index in [9.17, 15) is 20.1 Å². The number of pyridine rings is 1. The Morgan fingerprint density at radius 2 is 1.33 bits per heavy atom. The smallest absolute Gasteiger partial charge is 0.254 e. The molecule has 3 aromatic carbocycles. The Bertz CT molecular complexity index is 1300. The van der Waals surface area contributed by atoms with Gasteiger partial charge in [-0.2, -0.15) is 0 Å². The molecule has 36 heavy (non-hydrogen) atoms. The molecule has 0 atom stereocenters. The molecule has 0 saturated carbocycles. The summed E-state index contributed by atoms with van der Waals surface area (Å²) in [5.74, 6) is 0.161. The van der Waals surface area contributed by atoms with Crippen LogP contribution in [0.25, 0.3) is 0 Å². The average molecular weight is 482 g/mol. The SMILES string of the molecule is O=C(c1ccncc1C(c1ccc(O)cc1)c1ccc(O)cc1)N1CCN(c2ccccc2O)CC1. The minimum atomic E-state index is -0.318. The Kier molecular flexibility index (Phi) is 6.45. The third-order valence-electron chi connectivity index (χ3n) is 6.64. The Morgan fingerprint density at radius 1 is 0.750 bits per heavy atom. The molecule has 1 fully saturated rings. The first-order valence-corrected chi connectivity index (χ1v) is 11.9. The Morgan fingerprint density at radius 3 is 1.92 bits per heavy atom. The molecule has 7 heteroatoms. The van der Waals surface area contributed by atoms with Crippen molar-refractivity contribution in [1.82, 2.24) is 9.88 Å². The molecule has 2 heterocycles. The van der Waals surface area contributed by atoms with Crippen LogP contribution in [0.2, 0.25) is 0 Å². The largest absolute Gasteiger partial charge is 0.508 e. The monoisotopic (exact) mass is 481 g/mol. The quantitative estimate of drug-likeness (QED) is 0.392. The van der Waals surface area contributed by atoms with Gasteiger partial charge in [-0.05, 0) is 59.2 Å². The van der Waals surface area contributed by atoms with Crippen molar-refractivity contribution in [3.05, 3.63) is 114 Å². The summed E-state index contributed by atoms with van der Waals surface area (Å²) in [5.41, 5.74) is 3.87. The predicted octanol–water partition coefficient (Wildman–Crippen LogP) is 4.34. The van der Waals surface area contributed by atoms with Gasteiger partial charge in [0.1, 0.15) is 17.2 Å². The highest BCUT2D eigenvalue weighted by molar-refractivity contribution is 5.96. The number of hydrogen-bond acceptors (Lipinski definition) is 6. The first kappa shape index (κ1) is 23.2. The lowest BCUT2D eigenvalue weighted by atomic mass is 9.83. The van der Waals surface area contributed by atoms with Crippen molar-refractivity contribution in [3.63, 3.8) is 0 Å². The third kappa shape index (κ3) is 4.68. The summed E-state index contributed by atoms with van der Waals surface area (Å²) in [6.07, 6.45) is 3.34. The molecule has 0 bridgehead atoms. The number of carbonyl (C=O) groups is 1. The van der Waals surface area contributed by atoms with Crippen LogP contribution in [0.3, 0.4) is 0 Å². The van der Waals surface area contributed by atoms with E-state index in [0.29, 0.717) is 31.7 Å². The molecular weight excluding hydrogens is 454 g/mol. The van der Waals surface area contributed by atoms with Gasteiger partial charge in [-0.1, -0.05) is 36.4 Å². The maximum absolute atomic E-state index is 13.8. The Hall–Kier alpha value is -4.52. The summed E-state index contributed by atoms with van der Waals surface area (Å²) < 4.78 is 0. The van der Waals surface area contributed by atoms with Gasteiger partial charge >= 0.3 is 0 Å². The van der Waals surface area contributed by atoms with Crippen LogP contribution >= 0.6 is 0 Å². The molecule has 1 aliphatic heterocycles. The number of nitrogens with zero attached hydrogens (tertiary/aromatic N) is 3. The van der Waals surface area contributed by atoms with Crippen molar-refractivity contribution in [1.29, 1.82) is 0 Å². The number of benzene rings is 3. The van der Waals surface area contributed by atoms with E-state index in [-0.39, 0.29) is 29.1 Å². The first-order valence-electron chi connectivity index (χ1n) is 11.9. The van der Waals surface area contributed by atoms with Gasteiger partial charge in [0.2, 0.25) is 0 Å². The number of piperazine rings is 1. The first-order chi connectivity index (χ1) is 17.5. The van der Waals surface area contributed by atoms with Crippen molar-refractivity contribution < 1.29 is 20.1 Å². The Labute approximate surface area is 209 Å². The lowest BCUT2D eigenvalue weighted by Gasteiger charge is -2.36. The number of rotatable bonds is 5. The molecule has 5 rings (SSSR count). The fourth-order valence-corrected chi connectivity index (χ4v) is 4.77. The summed E-state index contributed by atoms with van der Waals surface area (Å²) >= 11 is 0. The minimum Gasteiger partial charge on any atom is -0.508 e. The molecule has 1 aromatic heterocycles. The number of hydrogen-bond donors (Lipinski definition) is 3. The maximum atomic E-state index is 13.8. The zero-order chi connectivity index (χ0) is 25.1. The number of amides is 1. The van der Waals surface area contributed by atoms with Crippen molar-refractivity contribution in [2.45, 2.75) is 5.92 Å². The average Bonchev–Trinajstić information content (AvgIpc) is 2.91. The summed E-state index contributed by atoms with van der Waals surface area (Å²) in [6.45, 7) is 2.28. The van der Waals surface area contributed by atoms with E-state index in [1.807, 2.05) is 41.3 Å². The molecule has 1 aliphatic rings. The van der Waals surface area contributed by atoms with Crippen LogP contribution in [-0.4, -0.2) is 57.3 Å². The van der Waals surface area contributed by atoms with Crippen LogP contribution in [0.4, 0.5) is 5.69 Å². The zero-order valence-electron chi connectivity index (χ0n) is 19.7. The van der Waals surface area contributed by atoms with Gasteiger partial charge in [0, 0.05) is 50.1 Å². The minimum absolute atomic E-state index is 0.0770. The van der Waals surface area contributed by atoms with Crippen LogP contribution in [-0.2, 0) is 0 Å². The van der Waals surface area contributed by atoms with E-state index < -0.39 is 0 Å². The van der Waals surface area contributed by atoms with Gasteiger partial charge in [0.25, 0.3) is 5.91 Å². The maximum Gasteiger partial charge on any atom is 0.254 e. The van der Waals surface area contributed by atoms with Gasteiger partial charge in [-0.3, -0.25) is 9.78 Å². The number of aromatic nitrogens is 1. The number of anilines is 1. The molecule has 0 radical (unpaired) electrons. The van der Waals surface area contributed by atoms with E-state index >= 15 is 0 Å². The van der Waals surface area contributed by atoms with E-state index in [4.69, 9.17) is 0 Å². The summed E-state index contributed by atoms with van der Waals surface area (Å²) in [6, 6.07) is 22.8. The second kappa shape index (κ2) is 10.00. The van der Waals surface area contributed by atoms with Crippen molar-refractivity contribution >= 4 is 11.6 Å². The zero-order valence-corrected chi connectivity index (χ0v) is 19.7. The van der Waals surface area contributed by atoms with Crippen LogP contribution < -0.4 is 4.90 Å². The number of para-hydroxylation sites is 2. The standard InChI is InChI=1S/C29H27N3O4/c33-22-9-5-20(6-10-22)28(21-7-11-23(34)12-8-21)25-19-30-14-13-24(25)29(36)32-17-15-31(16-18-32)26-3-1-2-4-27(26)35/h1-14,19,28,33-35H,15-18H2. The van der Waals surface area contributed by atoms with Crippen molar-refractivity contribution in [2.75, 3.05) is 31.1 Å². The number of phenols is 3. The molecule has 0 aliphatic carbocycles. The molecule has 4 aromatic rings. The molecule has 0 unspecified atom stereocenters. The number of phenolic OH excluding ortho intramolecular Hbond substituents is 3. The van der Waals surface area contributed by atoms with Gasteiger partial charge in [-0.15, -0.1) is 0 Å². The van der Waals surface area contributed by atoms with Gasteiger partial charge in [0.15, 0.2) is 0 Å². The normalized spacial score (nSPS) is 13.7. The fourth-order valence-electron chi connectivity index (χ4n) is 4.77. The Balaban J connectivity index is 1.45. The second-order valence-electron chi connectivity index (χ2n) is 8.85. The van der Waals surface area contributed by atoms with Gasteiger partial charge in [0.05, 0.1) is 5.69 Å². The van der Waals surface area contributed by atoms with Gasteiger partial charge < -0.3 is 25.1 Å². The van der Waals surface area contributed by atoms with Crippen molar-refractivity contribution in [3.8, 4) is 17.2 Å². The van der Waals surface area contributed by atoms with Crippen molar-refractivity contribution in [2.24, 2.45) is 0 Å². The lowest BCUT2D eigenvalue weighted by molar-refractivity contribution is 0.0745. The fraction of sp³-hybridized carbons (Fsp3) is 0.172. The molecular formula is C29H27N3O4. The predicted molar refractivity (Wildman–Crippen MR) is 138 cm³/mol. The lowest BCUT2D eigenvalue weighted by Crippen LogP contribution is -2.49. The molecule has 1 saturated heterocycles. The van der Waals surface area contributed by atoms with Gasteiger partial charge in [-0.25, -0.2) is 0 Å². The highest BCUT2D eigenvalue weighted by Crippen LogP contribution is 2.36. The second-order valence-corrected chi connectivity index (χ2v) is 8.85. The number of carbonyl (C=O) groups excluding carboxylic acids is 1.